The number of benzene rings is 1. The van der Waals surface area contributed by atoms with Crippen molar-refractivity contribution in [2.24, 2.45) is 0 Å². The Labute approximate surface area is 127 Å². The van der Waals surface area contributed by atoms with Crippen molar-refractivity contribution >= 4 is 23.3 Å². The summed E-state index contributed by atoms with van der Waals surface area (Å²) in [6, 6.07) is 4.38. The van der Waals surface area contributed by atoms with E-state index in [2.05, 4.69) is 5.32 Å². The average molecular weight is 308 g/mol. The summed E-state index contributed by atoms with van der Waals surface area (Å²) in [6.45, 7) is 3.71. The van der Waals surface area contributed by atoms with E-state index in [9.17, 15) is 9.18 Å². The van der Waals surface area contributed by atoms with Crippen molar-refractivity contribution in [2.45, 2.75) is 31.9 Å². The minimum atomic E-state index is -0.677. The molecule has 21 heavy (non-hydrogen) atoms. The van der Waals surface area contributed by atoms with Gasteiger partial charge in [-0.25, -0.2) is 9.18 Å². The Hall–Kier alpha value is -1.81. The molecule has 1 fully saturated rings. The molecule has 1 aromatic rings. The summed E-state index contributed by atoms with van der Waals surface area (Å²) >= 11 is 5.91. The Morgan fingerprint density at radius 3 is 2.86 bits per heavy atom. The van der Waals surface area contributed by atoms with E-state index in [1.165, 1.54) is 12.1 Å². The smallest absolute Gasteiger partial charge is 0.408 e. The number of fused-ring (bicyclic) bond motifs is 1. The van der Waals surface area contributed by atoms with E-state index >= 15 is 0 Å². The lowest BCUT2D eigenvalue weighted by molar-refractivity contribution is 0.0398. The molecule has 0 radical (unpaired) electrons. The lowest BCUT2D eigenvalue weighted by Gasteiger charge is -2.40. The summed E-state index contributed by atoms with van der Waals surface area (Å²) in [5, 5.41) is 3.15. The zero-order valence-electron chi connectivity index (χ0n) is 11.7. The van der Waals surface area contributed by atoms with Gasteiger partial charge in [0.15, 0.2) is 0 Å². The van der Waals surface area contributed by atoms with Gasteiger partial charge in [-0.3, -0.25) is 0 Å². The van der Waals surface area contributed by atoms with Gasteiger partial charge in [-0.05, 0) is 61.3 Å². The third-order valence-electron chi connectivity index (χ3n) is 3.79. The maximum atomic E-state index is 13.5. The van der Waals surface area contributed by atoms with Crippen molar-refractivity contribution in [2.75, 3.05) is 0 Å². The molecule has 110 valence electrons. The van der Waals surface area contributed by atoms with Crippen LogP contribution < -0.4 is 5.32 Å². The van der Waals surface area contributed by atoms with E-state index in [0.717, 1.165) is 16.7 Å². The number of alkyl carbamates (subject to hydrolysis) is 1. The molecule has 1 N–H and O–H groups in total. The number of hydrogen-bond donors (Lipinski definition) is 1. The summed E-state index contributed by atoms with van der Waals surface area (Å²) in [6.07, 6.45) is 4.15. The highest BCUT2D eigenvalue weighted by atomic mass is 35.5. The van der Waals surface area contributed by atoms with E-state index in [0.29, 0.717) is 11.4 Å². The predicted octanol–water partition coefficient (Wildman–Crippen LogP) is 4.08. The van der Waals surface area contributed by atoms with Crippen LogP contribution in [0.1, 0.15) is 25.8 Å². The van der Waals surface area contributed by atoms with Gasteiger partial charge in [-0.15, -0.1) is 0 Å². The Kier molecular flexibility index (Phi) is 3.29. The largest absolute Gasteiger partial charge is 0.439 e. The lowest BCUT2D eigenvalue weighted by Crippen LogP contribution is -2.52. The van der Waals surface area contributed by atoms with Crippen LogP contribution in [-0.2, 0) is 4.74 Å². The van der Waals surface area contributed by atoms with Crippen molar-refractivity contribution in [3.8, 4) is 0 Å². The third kappa shape index (κ3) is 2.68. The number of hydrogen-bond acceptors (Lipinski definition) is 2. The normalized spacial score (nSPS) is 23.4. The fraction of sp³-hybridized carbons (Fsp3) is 0.312. The number of carbonyl (C=O) groups excluding carboxylic acids is 1. The SMILES string of the molecule is CC1(C)OC(=O)NC2CC=C(c3cc(F)cc(Cl)c3)C=C21. The van der Waals surface area contributed by atoms with Crippen LogP contribution in [0.25, 0.3) is 5.57 Å². The quantitative estimate of drug-likeness (QED) is 0.849. The van der Waals surface area contributed by atoms with Crippen LogP contribution in [-0.4, -0.2) is 17.7 Å². The first-order chi connectivity index (χ1) is 9.85. The number of halogens is 2. The molecule has 1 aromatic carbocycles. The van der Waals surface area contributed by atoms with E-state index < -0.39 is 11.7 Å². The molecule has 0 aromatic heterocycles. The zero-order chi connectivity index (χ0) is 15.2. The fourth-order valence-electron chi connectivity index (χ4n) is 2.81. The van der Waals surface area contributed by atoms with Crippen molar-refractivity contribution in [1.82, 2.24) is 5.32 Å². The molecule has 1 saturated heterocycles. The minimum absolute atomic E-state index is 0.0750. The summed E-state index contributed by atoms with van der Waals surface area (Å²) in [7, 11) is 0. The summed E-state index contributed by atoms with van der Waals surface area (Å²) in [5.74, 6) is -0.369. The van der Waals surface area contributed by atoms with Crippen LogP contribution in [0.5, 0.6) is 0 Å². The standard InChI is InChI=1S/C16H15ClFNO2/c1-16(2)13-7-9(3-4-14(13)19-15(20)21-16)10-5-11(17)8-12(18)6-10/h3,5-8,14H,4H2,1-2H3,(H,19,20). The van der Waals surface area contributed by atoms with Gasteiger partial charge in [0.2, 0.25) is 0 Å². The molecule has 0 bridgehead atoms. The van der Waals surface area contributed by atoms with E-state index in [-0.39, 0.29) is 11.9 Å². The molecule has 3 nitrogen and oxygen atoms in total. The number of carbonyl (C=O) groups is 1. The first-order valence-electron chi connectivity index (χ1n) is 6.73. The second-order valence-electron chi connectivity index (χ2n) is 5.75. The van der Waals surface area contributed by atoms with Gasteiger partial charge < -0.3 is 10.1 Å². The lowest BCUT2D eigenvalue weighted by atomic mass is 9.82. The Morgan fingerprint density at radius 2 is 2.14 bits per heavy atom. The van der Waals surface area contributed by atoms with E-state index in [1.54, 1.807) is 6.07 Å². The highest BCUT2D eigenvalue weighted by molar-refractivity contribution is 6.30. The van der Waals surface area contributed by atoms with Gasteiger partial charge in [-0.1, -0.05) is 17.7 Å². The van der Waals surface area contributed by atoms with Crippen LogP contribution in [0, 0.1) is 5.82 Å². The van der Waals surface area contributed by atoms with Crippen molar-refractivity contribution < 1.29 is 13.9 Å². The number of rotatable bonds is 1. The zero-order valence-corrected chi connectivity index (χ0v) is 12.5. The Morgan fingerprint density at radius 1 is 1.38 bits per heavy atom. The van der Waals surface area contributed by atoms with Crippen LogP contribution >= 0.6 is 11.6 Å². The molecule has 1 atom stereocenters. The summed E-state index contributed by atoms with van der Waals surface area (Å²) in [4.78, 5) is 11.5. The Bertz CT molecular complexity index is 659. The second kappa shape index (κ2) is 4.88. The van der Waals surface area contributed by atoms with Gasteiger partial charge >= 0.3 is 6.09 Å². The van der Waals surface area contributed by atoms with Crippen molar-refractivity contribution in [1.29, 1.82) is 0 Å². The molecule has 2 aliphatic rings. The molecule has 1 unspecified atom stereocenters. The molecular formula is C16H15ClFNO2. The third-order valence-corrected chi connectivity index (χ3v) is 4.01. The molecule has 5 heteroatoms. The maximum Gasteiger partial charge on any atom is 0.408 e. The molecule has 1 aliphatic heterocycles. The number of amides is 1. The molecule has 0 saturated carbocycles. The second-order valence-corrected chi connectivity index (χ2v) is 6.19. The molecule has 1 amide bonds. The topological polar surface area (TPSA) is 38.3 Å². The minimum Gasteiger partial charge on any atom is -0.439 e. The highest BCUT2D eigenvalue weighted by Gasteiger charge is 2.39. The van der Waals surface area contributed by atoms with Gasteiger partial charge in [0.05, 0.1) is 6.04 Å². The highest BCUT2D eigenvalue weighted by Crippen LogP contribution is 2.36. The number of nitrogens with one attached hydrogen (secondary N) is 1. The predicted molar refractivity (Wildman–Crippen MR) is 79.6 cm³/mol. The van der Waals surface area contributed by atoms with Crippen LogP contribution in [0.2, 0.25) is 5.02 Å². The number of allylic oxidation sites excluding steroid dienone is 2. The fourth-order valence-corrected chi connectivity index (χ4v) is 3.03. The van der Waals surface area contributed by atoms with Gasteiger partial charge in [0.1, 0.15) is 11.4 Å². The van der Waals surface area contributed by atoms with Gasteiger partial charge in [0.25, 0.3) is 0 Å². The van der Waals surface area contributed by atoms with Gasteiger partial charge in [-0.2, -0.15) is 0 Å². The molecule has 0 spiro atoms. The van der Waals surface area contributed by atoms with Crippen LogP contribution in [0.3, 0.4) is 0 Å². The number of cyclic esters (lactones) is 1. The van der Waals surface area contributed by atoms with Gasteiger partial charge in [0, 0.05) is 5.02 Å². The van der Waals surface area contributed by atoms with E-state index in [1.807, 2.05) is 26.0 Å². The van der Waals surface area contributed by atoms with Crippen LogP contribution in [0.4, 0.5) is 9.18 Å². The molecule has 1 heterocycles. The summed E-state index contributed by atoms with van der Waals surface area (Å²) in [5.41, 5.74) is 1.90. The molecule has 3 rings (SSSR count). The Balaban J connectivity index is 2.00. The van der Waals surface area contributed by atoms with Crippen LogP contribution in [0.15, 0.2) is 35.9 Å². The first kappa shape index (κ1) is 14.1. The van der Waals surface area contributed by atoms with Crippen molar-refractivity contribution in [3.05, 3.63) is 52.3 Å². The molecule has 1 aliphatic carbocycles. The molecular weight excluding hydrogens is 293 g/mol. The van der Waals surface area contributed by atoms with E-state index in [4.69, 9.17) is 16.3 Å². The summed E-state index contributed by atoms with van der Waals surface area (Å²) < 4.78 is 18.8. The first-order valence-corrected chi connectivity index (χ1v) is 7.11. The number of ether oxygens (including phenoxy) is 1. The maximum absolute atomic E-state index is 13.5. The monoisotopic (exact) mass is 307 g/mol. The van der Waals surface area contributed by atoms with Crippen molar-refractivity contribution in [3.63, 3.8) is 0 Å². The average Bonchev–Trinajstić information content (AvgIpc) is 2.36.